The van der Waals surface area contributed by atoms with Gasteiger partial charge in [-0.1, -0.05) is 206 Å². The Morgan fingerprint density at radius 1 is 0.306 bits per heavy atom. The molecule has 5 heteroatoms. The molecule has 290 valence electrons. The van der Waals surface area contributed by atoms with E-state index in [1.54, 1.807) is 0 Å². The minimum absolute atomic E-state index is 0.651. The number of benzene rings is 9. The van der Waals surface area contributed by atoms with Crippen LogP contribution in [-0.2, 0) is 0 Å². The monoisotopic (exact) mass is 806 g/mol. The van der Waals surface area contributed by atoms with Gasteiger partial charge in [-0.05, 0) is 67.3 Å². The van der Waals surface area contributed by atoms with E-state index in [1.165, 1.54) is 64.8 Å². The highest BCUT2D eigenvalue weighted by molar-refractivity contribution is 7.22. The summed E-state index contributed by atoms with van der Waals surface area (Å²) in [6, 6.07) is 83.3. The second kappa shape index (κ2) is 14.6. The molecule has 9 aromatic carbocycles. The molecule has 1 aliphatic heterocycles. The molecule has 0 N–H and O–H groups in total. The molecule has 0 spiro atoms. The molecule has 0 amide bonds. The van der Waals surface area contributed by atoms with Gasteiger partial charge in [-0.15, -0.1) is 0 Å². The van der Waals surface area contributed by atoms with E-state index in [-0.39, 0.29) is 0 Å². The Balaban J connectivity index is 1.04. The van der Waals surface area contributed by atoms with E-state index in [0.717, 1.165) is 22.4 Å². The average Bonchev–Trinajstić information content (AvgIpc) is 3.85. The summed E-state index contributed by atoms with van der Waals surface area (Å²) in [5.74, 6) is 1.96. The number of para-hydroxylation sites is 1. The van der Waals surface area contributed by atoms with Crippen LogP contribution < -0.4 is 20.7 Å². The van der Waals surface area contributed by atoms with E-state index in [4.69, 9.17) is 15.0 Å². The molecule has 11 aromatic rings. The molecule has 0 atom stereocenters. The van der Waals surface area contributed by atoms with Crippen molar-refractivity contribution in [2.75, 3.05) is 0 Å². The van der Waals surface area contributed by atoms with Crippen LogP contribution in [-0.4, -0.2) is 27.6 Å². The molecule has 0 aliphatic carbocycles. The quantitative estimate of drug-likeness (QED) is 0.151. The van der Waals surface area contributed by atoms with Crippen molar-refractivity contribution < 1.29 is 0 Å². The molecular weight excluding hydrogens is 769 g/mol. The highest BCUT2D eigenvalue weighted by Crippen LogP contribution is 2.35. The first kappa shape index (κ1) is 35.9. The van der Waals surface area contributed by atoms with Crippen LogP contribution in [0.4, 0.5) is 0 Å². The fourth-order valence-corrected chi connectivity index (χ4v) is 14.9. The smallest absolute Gasteiger partial charge is 0.180 e. The molecule has 0 bridgehead atoms. The predicted octanol–water partition coefficient (Wildman–Crippen LogP) is 11.0. The van der Waals surface area contributed by atoms with Crippen molar-refractivity contribution >= 4 is 50.6 Å². The number of hydrogen-bond donors (Lipinski definition) is 0. The largest absolute Gasteiger partial charge is 0.309 e. The van der Waals surface area contributed by atoms with Gasteiger partial charge in [0.15, 0.2) is 25.5 Å². The van der Waals surface area contributed by atoms with E-state index < -0.39 is 8.07 Å². The van der Waals surface area contributed by atoms with Crippen LogP contribution >= 0.6 is 0 Å². The number of hydrogen-bond acceptors (Lipinski definition) is 3. The van der Waals surface area contributed by atoms with E-state index in [1.807, 2.05) is 36.4 Å². The summed E-state index contributed by atoms with van der Waals surface area (Å²) in [5, 5.41) is 7.99. The van der Waals surface area contributed by atoms with Crippen LogP contribution in [0.3, 0.4) is 0 Å². The Labute approximate surface area is 361 Å². The van der Waals surface area contributed by atoms with Gasteiger partial charge in [0, 0.05) is 33.2 Å². The van der Waals surface area contributed by atoms with Crippen molar-refractivity contribution in [3.05, 3.63) is 231 Å². The summed E-state index contributed by atoms with van der Waals surface area (Å²) in [4.78, 5) is 15.1. The SMILES string of the molecule is c1ccc(-c2ccc(-n3c4ccccc4c4cc([Si]5(c6ccc(-c7nc(-c8ccccc8)nc(-c8ccccc8)n7)cc6)c6ccccc6-c6ccccc65)ccc43)cc2)cc1. The van der Waals surface area contributed by atoms with Gasteiger partial charge in [0.1, 0.15) is 0 Å². The minimum Gasteiger partial charge on any atom is -0.309 e. The highest BCUT2D eigenvalue weighted by Gasteiger charge is 2.48. The van der Waals surface area contributed by atoms with Crippen LogP contribution in [0.1, 0.15) is 0 Å². The number of rotatable bonds is 7. The number of aromatic nitrogens is 4. The third-order valence-electron chi connectivity index (χ3n) is 12.6. The zero-order valence-corrected chi connectivity index (χ0v) is 34.7. The average molecular weight is 807 g/mol. The van der Waals surface area contributed by atoms with Crippen LogP contribution in [0.25, 0.3) is 83.9 Å². The van der Waals surface area contributed by atoms with Gasteiger partial charge in [0.05, 0.1) is 11.0 Å². The first-order valence-corrected chi connectivity index (χ1v) is 23.1. The van der Waals surface area contributed by atoms with E-state index in [9.17, 15) is 0 Å². The molecular formula is C57H38N4Si. The summed E-state index contributed by atoms with van der Waals surface area (Å²) >= 11 is 0. The Morgan fingerprint density at radius 3 is 1.31 bits per heavy atom. The summed E-state index contributed by atoms with van der Waals surface area (Å²) in [7, 11) is -2.86. The number of fused-ring (bicyclic) bond motifs is 6. The van der Waals surface area contributed by atoms with E-state index >= 15 is 0 Å². The maximum absolute atomic E-state index is 5.07. The first-order chi connectivity index (χ1) is 30.7. The topological polar surface area (TPSA) is 43.6 Å². The molecule has 0 radical (unpaired) electrons. The standard InChI is InChI=1S/C57H38N4Si/c1-4-16-39(17-5-1)40-28-32-44(33-29-40)61-51-25-13-10-22-47(51)50-38-46(36-37-52(50)61)62(53-26-14-11-23-48(53)49-24-12-15-27-54(49)62)45-34-30-43(31-35-45)57-59-55(41-18-6-2-7-19-41)58-56(60-57)42-20-8-3-9-21-42/h1-38H. The summed E-state index contributed by atoms with van der Waals surface area (Å²) in [5.41, 5.74) is 11.5. The van der Waals surface area contributed by atoms with Crippen molar-refractivity contribution in [3.63, 3.8) is 0 Å². The zero-order valence-electron chi connectivity index (χ0n) is 33.7. The molecule has 0 saturated carbocycles. The summed E-state index contributed by atoms with van der Waals surface area (Å²) < 4.78 is 2.42. The van der Waals surface area contributed by atoms with Crippen molar-refractivity contribution in [2.24, 2.45) is 0 Å². The van der Waals surface area contributed by atoms with Gasteiger partial charge in [-0.25, -0.2) is 15.0 Å². The fourth-order valence-electron chi connectivity index (χ4n) is 9.75. The Bertz CT molecular complexity index is 3330. The summed E-state index contributed by atoms with van der Waals surface area (Å²) in [6.07, 6.45) is 0. The van der Waals surface area contributed by atoms with Crippen LogP contribution in [0.2, 0.25) is 0 Å². The molecule has 4 nitrogen and oxygen atoms in total. The van der Waals surface area contributed by atoms with E-state index in [2.05, 4.69) is 199 Å². The number of nitrogens with zero attached hydrogens (tertiary/aromatic N) is 4. The zero-order chi connectivity index (χ0) is 41.0. The molecule has 0 fully saturated rings. The third-order valence-corrected chi connectivity index (χ3v) is 17.4. The minimum atomic E-state index is -2.86. The maximum Gasteiger partial charge on any atom is 0.180 e. The fraction of sp³-hybridized carbons (Fsp3) is 0. The van der Waals surface area contributed by atoms with Crippen molar-refractivity contribution in [3.8, 4) is 62.1 Å². The van der Waals surface area contributed by atoms with Crippen LogP contribution in [0, 0.1) is 0 Å². The predicted molar refractivity (Wildman–Crippen MR) is 259 cm³/mol. The maximum atomic E-state index is 5.07. The molecule has 3 heterocycles. The Hall–Kier alpha value is -7.99. The lowest BCUT2D eigenvalue weighted by molar-refractivity contribution is 1.07. The van der Waals surface area contributed by atoms with Crippen molar-refractivity contribution in [1.29, 1.82) is 0 Å². The Morgan fingerprint density at radius 2 is 0.726 bits per heavy atom. The molecule has 2 aromatic heterocycles. The third kappa shape index (κ3) is 5.70. The highest BCUT2D eigenvalue weighted by atomic mass is 28.3. The normalized spacial score (nSPS) is 12.6. The van der Waals surface area contributed by atoms with Crippen LogP contribution in [0.15, 0.2) is 231 Å². The van der Waals surface area contributed by atoms with Gasteiger partial charge in [-0.2, -0.15) is 0 Å². The molecule has 12 rings (SSSR count). The second-order valence-corrected chi connectivity index (χ2v) is 19.7. The lowest BCUT2D eigenvalue weighted by Crippen LogP contribution is -2.72. The van der Waals surface area contributed by atoms with Crippen LogP contribution in [0.5, 0.6) is 0 Å². The van der Waals surface area contributed by atoms with Gasteiger partial charge in [0.2, 0.25) is 0 Å². The van der Waals surface area contributed by atoms with Crippen molar-refractivity contribution in [2.45, 2.75) is 0 Å². The summed E-state index contributed by atoms with van der Waals surface area (Å²) in [6.45, 7) is 0. The van der Waals surface area contributed by atoms with Gasteiger partial charge in [-0.3, -0.25) is 0 Å². The molecule has 0 saturated heterocycles. The Kier molecular flexibility index (Phi) is 8.47. The van der Waals surface area contributed by atoms with Gasteiger partial charge in [0.25, 0.3) is 0 Å². The second-order valence-electron chi connectivity index (χ2n) is 16.0. The van der Waals surface area contributed by atoms with Gasteiger partial charge >= 0.3 is 0 Å². The molecule has 62 heavy (non-hydrogen) atoms. The lowest BCUT2D eigenvalue weighted by Gasteiger charge is -2.31. The molecule has 0 unspecified atom stereocenters. The first-order valence-electron chi connectivity index (χ1n) is 21.1. The van der Waals surface area contributed by atoms with E-state index in [0.29, 0.717) is 17.5 Å². The lowest BCUT2D eigenvalue weighted by atomic mass is 10.1. The van der Waals surface area contributed by atoms with Gasteiger partial charge < -0.3 is 4.57 Å². The van der Waals surface area contributed by atoms with Crippen molar-refractivity contribution in [1.82, 2.24) is 19.5 Å². The molecule has 1 aliphatic rings.